The number of guanidine groups is 1. The summed E-state index contributed by atoms with van der Waals surface area (Å²) in [4.78, 5) is 4.36. The predicted octanol–water partition coefficient (Wildman–Crippen LogP) is 2.80. The molecule has 4 heteroatoms. The minimum absolute atomic E-state index is 0.0324. The van der Waals surface area contributed by atoms with Gasteiger partial charge in [-0.25, -0.2) is 4.99 Å². The molecule has 0 radical (unpaired) electrons. The lowest BCUT2D eigenvalue weighted by molar-refractivity contribution is 0.280. The van der Waals surface area contributed by atoms with E-state index in [2.05, 4.69) is 31.1 Å². The first-order valence-corrected chi connectivity index (χ1v) is 7.77. The molecule has 4 nitrogen and oxygen atoms in total. The number of aliphatic hydroxyl groups excluding tert-OH is 1. The van der Waals surface area contributed by atoms with Crippen molar-refractivity contribution in [1.29, 1.82) is 0 Å². The summed E-state index contributed by atoms with van der Waals surface area (Å²) in [5, 5.41) is 12.5. The van der Waals surface area contributed by atoms with Gasteiger partial charge in [-0.05, 0) is 30.4 Å². The molecule has 1 aromatic rings. The lowest BCUT2D eigenvalue weighted by Gasteiger charge is -2.15. The van der Waals surface area contributed by atoms with Crippen molar-refractivity contribution in [2.24, 2.45) is 16.6 Å². The van der Waals surface area contributed by atoms with E-state index in [1.54, 1.807) is 0 Å². The number of nitrogens with two attached hydrogens (primary N) is 1. The molecule has 0 saturated heterocycles. The van der Waals surface area contributed by atoms with Gasteiger partial charge in [0.2, 0.25) is 0 Å². The normalized spacial score (nSPS) is 13.5. The number of nitrogens with one attached hydrogen (secondary N) is 1. The van der Waals surface area contributed by atoms with Crippen molar-refractivity contribution in [1.82, 2.24) is 5.32 Å². The Kier molecular flexibility index (Phi) is 7.83. The monoisotopic (exact) mass is 291 g/mol. The number of nitrogens with zero attached hydrogens (tertiary/aromatic N) is 1. The Labute approximate surface area is 128 Å². The van der Waals surface area contributed by atoms with Crippen molar-refractivity contribution in [3.63, 3.8) is 0 Å². The molecule has 0 fully saturated rings. The standard InChI is InChI=1S/C17H29N3O/c1-13(2)7-6-8-14(3)20-17(18)19-11-15-9-4-5-10-16(15)12-21/h4-5,9-10,13-14,21H,6-8,11-12H2,1-3H3,(H3,18,19,20). The molecule has 4 N–H and O–H groups in total. The summed E-state index contributed by atoms with van der Waals surface area (Å²) in [7, 11) is 0. The molecule has 0 spiro atoms. The number of benzene rings is 1. The van der Waals surface area contributed by atoms with Gasteiger partial charge in [-0.2, -0.15) is 0 Å². The van der Waals surface area contributed by atoms with Crippen molar-refractivity contribution in [3.8, 4) is 0 Å². The van der Waals surface area contributed by atoms with Gasteiger partial charge < -0.3 is 16.2 Å². The zero-order chi connectivity index (χ0) is 15.7. The molecule has 0 heterocycles. The largest absolute Gasteiger partial charge is 0.392 e. The van der Waals surface area contributed by atoms with Crippen molar-refractivity contribution < 1.29 is 5.11 Å². The van der Waals surface area contributed by atoms with Crippen molar-refractivity contribution in [2.75, 3.05) is 0 Å². The van der Waals surface area contributed by atoms with Crippen LogP contribution in [0.1, 0.15) is 51.2 Å². The summed E-state index contributed by atoms with van der Waals surface area (Å²) >= 11 is 0. The Hall–Kier alpha value is -1.55. The highest BCUT2D eigenvalue weighted by molar-refractivity contribution is 5.78. The molecule has 0 aliphatic heterocycles. The second-order valence-corrected chi connectivity index (χ2v) is 6.00. The minimum atomic E-state index is 0.0324. The highest BCUT2D eigenvalue weighted by atomic mass is 16.3. The Balaban J connectivity index is 2.42. The van der Waals surface area contributed by atoms with E-state index in [4.69, 9.17) is 5.73 Å². The third-order valence-electron chi connectivity index (χ3n) is 3.52. The van der Waals surface area contributed by atoms with Gasteiger partial charge in [0.05, 0.1) is 13.2 Å². The molecule has 0 saturated carbocycles. The molecule has 0 amide bonds. The van der Waals surface area contributed by atoms with Crippen LogP contribution in [0, 0.1) is 5.92 Å². The van der Waals surface area contributed by atoms with Crippen molar-refractivity contribution in [3.05, 3.63) is 35.4 Å². The summed E-state index contributed by atoms with van der Waals surface area (Å²) in [6.45, 7) is 7.14. The summed E-state index contributed by atoms with van der Waals surface area (Å²) in [5.41, 5.74) is 7.84. The van der Waals surface area contributed by atoms with Gasteiger partial charge in [0.25, 0.3) is 0 Å². The van der Waals surface area contributed by atoms with Crippen molar-refractivity contribution in [2.45, 2.75) is 59.2 Å². The fourth-order valence-electron chi connectivity index (χ4n) is 2.24. The molecule has 0 aromatic heterocycles. The first-order chi connectivity index (χ1) is 10.0. The lowest BCUT2D eigenvalue weighted by Crippen LogP contribution is -2.38. The van der Waals surface area contributed by atoms with E-state index in [0.717, 1.165) is 23.5 Å². The van der Waals surface area contributed by atoms with Crippen LogP contribution in [0.25, 0.3) is 0 Å². The molecule has 118 valence electrons. The Morgan fingerprint density at radius 2 is 1.86 bits per heavy atom. The lowest BCUT2D eigenvalue weighted by atomic mass is 10.0. The SMILES string of the molecule is CC(C)CCCC(C)NC(N)=NCc1ccccc1CO. The summed E-state index contributed by atoms with van der Waals surface area (Å²) in [6, 6.07) is 8.07. The molecular weight excluding hydrogens is 262 g/mol. The number of hydrogen-bond donors (Lipinski definition) is 3. The second kappa shape index (κ2) is 9.40. The average Bonchev–Trinajstić information content (AvgIpc) is 2.45. The molecule has 1 aromatic carbocycles. The quantitative estimate of drug-likeness (QED) is 0.509. The fourth-order valence-corrected chi connectivity index (χ4v) is 2.24. The first kappa shape index (κ1) is 17.5. The van der Waals surface area contributed by atoms with Gasteiger partial charge in [-0.3, -0.25) is 0 Å². The van der Waals surface area contributed by atoms with Crippen LogP contribution in [0.2, 0.25) is 0 Å². The summed E-state index contributed by atoms with van der Waals surface area (Å²) in [6.07, 6.45) is 3.54. The van der Waals surface area contributed by atoms with Crippen LogP contribution in [0.3, 0.4) is 0 Å². The maximum absolute atomic E-state index is 9.28. The van der Waals surface area contributed by atoms with E-state index in [1.807, 2.05) is 24.3 Å². The summed E-state index contributed by atoms with van der Waals surface area (Å²) in [5.74, 6) is 1.22. The van der Waals surface area contributed by atoms with E-state index in [1.165, 1.54) is 12.8 Å². The van der Waals surface area contributed by atoms with Crippen LogP contribution < -0.4 is 11.1 Å². The van der Waals surface area contributed by atoms with Gasteiger partial charge >= 0.3 is 0 Å². The predicted molar refractivity (Wildman–Crippen MR) is 89.0 cm³/mol. The Morgan fingerprint density at radius 3 is 2.48 bits per heavy atom. The van der Waals surface area contributed by atoms with Crippen LogP contribution in [-0.4, -0.2) is 17.1 Å². The van der Waals surface area contributed by atoms with Crippen LogP contribution >= 0.6 is 0 Å². The zero-order valence-electron chi connectivity index (χ0n) is 13.5. The number of hydrogen-bond acceptors (Lipinski definition) is 2. The molecule has 21 heavy (non-hydrogen) atoms. The molecule has 0 aliphatic rings. The van der Waals surface area contributed by atoms with E-state index in [0.29, 0.717) is 18.5 Å². The van der Waals surface area contributed by atoms with Crippen molar-refractivity contribution >= 4 is 5.96 Å². The molecular formula is C17H29N3O. The van der Waals surface area contributed by atoms with Crippen LogP contribution in [0.4, 0.5) is 0 Å². The average molecular weight is 291 g/mol. The molecule has 1 unspecified atom stereocenters. The van der Waals surface area contributed by atoms with E-state index in [-0.39, 0.29) is 6.61 Å². The van der Waals surface area contributed by atoms with Gasteiger partial charge in [-0.1, -0.05) is 51.0 Å². The van der Waals surface area contributed by atoms with Gasteiger partial charge in [0, 0.05) is 6.04 Å². The number of aliphatic imine (C=N–C) groups is 1. The smallest absolute Gasteiger partial charge is 0.189 e. The van der Waals surface area contributed by atoms with Gasteiger partial charge in [0.15, 0.2) is 5.96 Å². The zero-order valence-corrected chi connectivity index (χ0v) is 13.5. The molecule has 1 rings (SSSR count). The third kappa shape index (κ3) is 7.14. The fraction of sp³-hybridized carbons (Fsp3) is 0.588. The van der Waals surface area contributed by atoms with Crippen LogP contribution in [0.15, 0.2) is 29.3 Å². The van der Waals surface area contributed by atoms with Gasteiger partial charge in [0.1, 0.15) is 0 Å². The third-order valence-corrected chi connectivity index (χ3v) is 3.52. The number of rotatable bonds is 8. The molecule has 0 aliphatic carbocycles. The van der Waals surface area contributed by atoms with Crippen LogP contribution in [0.5, 0.6) is 0 Å². The Bertz CT molecular complexity index is 443. The highest BCUT2D eigenvalue weighted by Crippen LogP contribution is 2.10. The highest BCUT2D eigenvalue weighted by Gasteiger charge is 2.04. The second-order valence-electron chi connectivity index (χ2n) is 6.00. The maximum Gasteiger partial charge on any atom is 0.189 e. The first-order valence-electron chi connectivity index (χ1n) is 7.77. The Morgan fingerprint density at radius 1 is 1.19 bits per heavy atom. The molecule has 0 bridgehead atoms. The van der Waals surface area contributed by atoms with Gasteiger partial charge in [-0.15, -0.1) is 0 Å². The number of aliphatic hydroxyl groups is 1. The molecule has 1 atom stereocenters. The summed E-state index contributed by atoms with van der Waals surface area (Å²) < 4.78 is 0. The maximum atomic E-state index is 9.28. The van der Waals surface area contributed by atoms with Crippen LogP contribution in [-0.2, 0) is 13.2 Å². The van der Waals surface area contributed by atoms with E-state index >= 15 is 0 Å². The van der Waals surface area contributed by atoms with E-state index < -0.39 is 0 Å². The minimum Gasteiger partial charge on any atom is -0.392 e. The topological polar surface area (TPSA) is 70.6 Å². The van der Waals surface area contributed by atoms with E-state index in [9.17, 15) is 5.11 Å².